The van der Waals surface area contributed by atoms with Crippen LogP contribution in [0.3, 0.4) is 0 Å². The third-order valence-corrected chi connectivity index (χ3v) is 3.83. The molecule has 0 radical (unpaired) electrons. The van der Waals surface area contributed by atoms with Crippen LogP contribution in [-0.2, 0) is 0 Å². The molecule has 0 aliphatic carbocycles. The summed E-state index contributed by atoms with van der Waals surface area (Å²) in [5.74, 6) is 7.36. The van der Waals surface area contributed by atoms with Gasteiger partial charge in [0.2, 0.25) is 0 Å². The van der Waals surface area contributed by atoms with Crippen molar-refractivity contribution in [3.8, 4) is 0 Å². The molecule has 2 rings (SSSR count). The van der Waals surface area contributed by atoms with Crippen LogP contribution in [0.2, 0.25) is 0 Å². The Morgan fingerprint density at radius 2 is 2.24 bits per heavy atom. The van der Waals surface area contributed by atoms with E-state index in [1.807, 2.05) is 11.8 Å². The number of benzene rings is 1. The third-order valence-electron chi connectivity index (χ3n) is 2.66. The zero-order valence-corrected chi connectivity index (χ0v) is 10.00. The molecule has 0 bridgehead atoms. The summed E-state index contributed by atoms with van der Waals surface area (Å²) in [6, 6.07) is 5.34. The molecule has 0 spiro atoms. The Kier molecular flexibility index (Phi) is 3.70. The van der Waals surface area contributed by atoms with Crippen molar-refractivity contribution in [1.82, 2.24) is 0 Å². The van der Waals surface area contributed by atoms with Crippen LogP contribution in [0, 0.1) is 10.1 Å². The summed E-state index contributed by atoms with van der Waals surface area (Å²) in [7, 11) is 0. The van der Waals surface area contributed by atoms with E-state index in [9.17, 15) is 10.1 Å². The number of nitro benzene ring substituents is 1. The molecule has 0 aromatic heterocycles. The first-order valence-electron chi connectivity index (χ1n) is 5.30. The van der Waals surface area contributed by atoms with Gasteiger partial charge in [0.15, 0.2) is 0 Å². The molecule has 7 heteroatoms. The third kappa shape index (κ3) is 2.62. The van der Waals surface area contributed by atoms with Crippen molar-refractivity contribution in [3.05, 3.63) is 28.3 Å². The number of hydrogen-bond donors (Lipinski definition) is 3. The number of rotatable bonds is 4. The molecule has 1 aromatic rings. The quantitative estimate of drug-likeness (QED) is 0.431. The Labute approximate surface area is 103 Å². The van der Waals surface area contributed by atoms with Gasteiger partial charge in [-0.2, -0.15) is 11.8 Å². The van der Waals surface area contributed by atoms with Crippen molar-refractivity contribution in [1.29, 1.82) is 0 Å². The van der Waals surface area contributed by atoms with E-state index in [4.69, 9.17) is 5.84 Å². The second-order valence-corrected chi connectivity index (χ2v) is 4.96. The van der Waals surface area contributed by atoms with E-state index in [1.54, 1.807) is 18.2 Å². The number of hydrogen-bond acceptors (Lipinski definition) is 6. The topological polar surface area (TPSA) is 93.2 Å². The molecular weight excluding hydrogens is 240 g/mol. The Bertz CT molecular complexity index is 421. The second kappa shape index (κ2) is 5.24. The summed E-state index contributed by atoms with van der Waals surface area (Å²) in [5, 5.41) is 14.2. The molecule has 6 nitrogen and oxygen atoms in total. The van der Waals surface area contributed by atoms with Gasteiger partial charge in [0.25, 0.3) is 0 Å². The van der Waals surface area contributed by atoms with Gasteiger partial charge in [-0.15, -0.1) is 0 Å². The van der Waals surface area contributed by atoms with Crippen LogP contribution in [0.15, 0.2) is 18.2 Å². The number of hydrazine groups is 1. The van der Waals surface area contributed by atoms with Gasteiger partial charge in [-0.3, -0.25) is 16.0 Å². The highest BCUT2D eigenvalue weighted by Gasteiger charge is 2.23. The molecule has 1 heterocycles. The van der Waals surface area contributed by atoms with Gasteiger partial charge in [0, 0.05) is 11.8 Å². The van der Waals surface area contributed by atoms with Crippen LogP contribution >= 0.6 is 11.8 Å². The van der Waals surface area contributed by atoms with Crippen LogP contribution in [-0.4, -0.2) is 22.5 Å². The summed E-state index contributed by atoms with van der Waals surface area (Å²) in [6.45, 7) is 0. The number of nitro groups is 1. The monoisotopic (exact) mass is 254 g/mol. The molecule has 0 amide bonds. The summed E-state index contributed by atoms with van der Waals surface area (Å²) < 4.78 is 0. The normalized spacial score (nSPS) is 19.0. The molecule has 0 saturated carbocycles. The van der Waals surface area contributed by atoms with Crippen molar-refractivity contribution in [2.45, 2.75) is 12.5 Å². The molecular formula is C10H14N4O2S. The minimum absolute atomic E-state index is 0.00639. The molecule has 1 aromatic carbocycles. The lowest BCUT2D eigenvalue weighted by atomic mass is 10.2. The molecule has 1 unspecified atom stereocenters. The minimum atomic E-state index is -0.417. The average molecular weight is 254 g/mol. The van der Waals surface area contributed by atoms with Crippen molar-refractivity contribution in [2.24, 2.45) is 5.84 Å². The highest BCUT2D eigenvalue weighted by atomic mass is 32.2. The molecule has 1 saturated heterocycles. The van der Waals surface area contributed by atoms with E-state index in [0.29, 0.717) is 17.4 Å². The molecule has 1 aliphatic rings. The fraction of sp³-hybridized carbons (Fsp3) is 0.400. The van der Waals surface area contributed by atoms with Gasteiger partial charge < -0.3 is 10.7 Å². The lowest BCUT2D eigenvalue weighted by molar-refractivity contribution is -0.383. The van der Waals surface area contributed by atoms with Gasteiger partial charge in [-0.25, -0.2) is 0 Å². The number of nitrogens with one attached hydrogen (secondary N) is 2. The van der Waals surface area contributed by atoms with Crippen LogP contribution < -0.4 is 16.6 Å². The Balaban J connectivity index is 2.28. The first-order valence-corrected chi connectivity index (χ1v) is 6.46. The molecule has 4 N–H and O–H groups in total. The minimum Gasteiger partial charge on any atom is -0.376 e. The largest absolute Gasteiger partial charge is 0.376 e. The average Bonchev–Trinajstić information content (AvgIpc) is 2.81. The van der Waals surface area contributed by atoms with Crippen LogP contribution in [0.1, 0.15) is 6.42 Å². The van der Waals surface area contributed by atoms with Crippen molar-refractivity contribution >= 4 is 28.8 Å². The fourth-order valence-corrected chi connectivity index (χ4v) is 2.99. The number of nitrogens with two attached hydrogens (primary N) is 1. The first kappa shape index (κ1) is 12.0. The standard InChI is InChI=1S/C10H14N4O2S/c11-13-9-3-1-2-8(10(9)14(15)16)12-7-4-5-17-6-7/h1-3,7,12-13H,4-6,11H2. The summed E-state index contributed by atoms with van der Waals surface area (Å²) in [6.07, 6.45) is 1.03. The zero-order valence-electron chi connectivity index (χ0n) is 9.18. The van der Waals surface area contributed by atoms with E-state index >= 15 is 0 Å². The highest BCUT2D eigenvalue weighted by Crippen LogP contribution is 2.34. The van der Waals surface area contributed by atoms with Gasteiger partial charge in [-0.05, 0) is 24.3 Å². The van der Waals surface area contributed by atoms with Gasteiger partial charge >= 0.3 is 5.69 Å². The molecule has 17 heavy (non-hydrogen) atoms. The van der Waals surface area contributed by atoms with Crippen molar-refractivity contribution in [3.63, 3.8) is 0 Å². The maximum Gasteiger partial charge on any atom is 0.316 e. The Hall–Kier alpha value is -1.47. The summed E-state index contributed by atoms with van der Waals surface area (Å²) >= 11 is 1.85. The molecule has 1 aliphatic heterocycles. The highest BCUT2D eigenvalue weighted by molar-refractivity contribution is 7.99. The van der Waals surface area contributed by atoms with Crippen LogP contribution in [0.4, 0.5) is 17.1 Å². The van der Waals surface area contributed by atoms with Gasteiger partial charge in [-0.1, -0.05) is 6.07 Å². The molecule has 92 valence electrons. The summed E-state index contributed by atoms with van der Waals surface area (Å²) in [4.78, 5) is 10.6. The molecule has 1 atom stereocenters. The van der Waals surface area contributed by atoms with E-state index in [0.717, 1.165) is 17.9 Å². The maximum atomic E-state index is 11.0. The van der Waals surface area contributed by atoms with Crippen LogP contribution in [0.5, 0.6) is 0 Å². The Morgan fingerprint density at radius 3 is 2.82 bits per heavy atom. The van der Waals surface area contributed by atoms with Gasteiger partial charge in [0.1, 0.15) is 11.4 Å². The SMILES string of the molecule is NNc1cccc(NC2CCSC2)c1[N+](=O)[O-]. The van der Waals surface area contributed by atoms with E-state index < -0.39 is 4.92 Å². The number of para-hydroxylation sites is 1. The number of nitrogen functional groups attached to an aromatic ring is 1. The van der Waals surface area contributed by atoms with E-state index in [-0.39, 0.29) is 5.69 Å². The van der Waals surface area contributed by atoms with E-state index in [1.165, 1.54) is 0 Å². The molecule has 1 fully saturated rings. The van der Waals surface area contributed by atoms with Crippen molar-refractivity contribution in [2.75, 3.05) is 22.2 Å². The van der Waals surface area contributed by atoms with E-state index in [2.05, 4.69) is 10.7 Å². The number of anilines is 2. The Morgan fingerprint density at radius 1 is 1.47 bits per heavy atom. The van der Waals surface area contributed by atoms with Crippen LogP contribution in [0.25, 0.3) is 0 Å². The predicted molar refractivity (Wildman–Crippen MR) is 70.3 cm³/mol. The summed E-state index contributed by atoms with van der Waals surface area (Å²) in [5.41, 5.74) is 3.21. The fourth-order valence-electron chi connectivity index (χ4n) is 1.84. The lowest BCUT2D eigenvalue weighted by Gasteiger charge is -2.14. The predicted octanol–water partition coefficient (Wildman–Crippen LogP) is 1.80. The second-order valence-electron chi connectivity index (χ2n) is 3.81. The smallest absolute Gasteiger partial charge is 0.316 e. The van der Waals surface area contributed by atoms with Crippen molar-refractivity contribution < 1.29 is 4.92 Å². The number of thioether (sulfide) groups is 1. The lowest BCUT2D eigenvalue weighted by Crippen LogP contribution is -2.19. The maximum absolute atomic E-state index is 11.0. The number of nitrogens with zero attached hydrogens (tertiary/aromatic N) is 1. The first-order chi connectivity index (χ1) is 8.22. The van der Waals surface area contributed by atoms with Gasteiger partial charge in [0.05, 0.1) is 4.92 Å². The zero-order chi connectivity index (χ0) is 12.3.